The molecule has 1 aliphatic rings. The van der Waals surface area contributed by atoms with Gasteiger partial charge in [0.15, 0.2) is 0 Å². The summed E-state index contributed by atoms with van der Waals surface area (Å²) in [5, 5.41) is 1.03. The summed E-state index contributed by atoms with van der Waals surface area (Å²) < 4.78 is 0. The van der Waals surface area contributed by atoms with Gasteiger partial charge in [0.25, 0.3) is 5.91 Å². The number of hydrogen-bond acceptors (Lipinski definition) is 3. The molecular formula is C12H14Cl2N2OS. The lowest BCUT2D eigenvalue weighted by molar-refractivity contribution is 0.0761. The molecule has 0 aliphatic carbocycles. The number of nitrogens with zero attached hydrogens (tertiary/aromatic N) is 2. The summed E-state index contributed by atoms with van der Waals surface area (Å²) in [5.74, 6) is 0.969. The number of carbonyl (C=O) groups is 1. The summed E-state index contributed by atoms with van der Waals surface area (Å²) >= 11 is 13.6. The van der Waals surface area contributed by atoms with Gasteiger partial charge in [-0.15, -0.1) is 0 Å². The van der Waals surface area contributed by atoms with Gasteiger partial charge in [0, 0.05) is 29.7 Å². The quantitative estimate of drug-likeness (QED) is 0.786. The molecule has 1 saturated heterocycles. The van der Waals surface area contributed by atoms with Gasteiger partial charge in [-0.05, 0) is 18.6 Å². The molecule has 6 heteroatoms. The molecule has 1 aliphatic heterocycles. The van der Waals surface area contributed by atoms with Crippen LogP contribution in [-0.4, -0.2) is 39.9 Å². The number of amides is 1. The van der Waals surface area contributed by atoms with E-state index >= 15 is 0 Å². The van der Waals surface area contributed by atoms with E-state index in [4.69, 9.17) is 23.2 Å². The third-order valence-electron chi connectivity index (χ3n) is 2.89. The Labute approximate surface area is 121 Å². The summed E-state index contributed by atoms with van der Waals surface area (Å²) in [7, 11) is 0. The van der Waals surface area contributed by atoms with E-state index in [1.807, 2.05) is 16.7 Å². The molecule has 0 radical (unpaired) electrons. The number of hydrogen-bond donors (Lipinski definition) is 0. The highest BCUT2D eigenvalue weighted by Crippen LogP contribution is 2.23. The molecule has 1 amide bonds. The van der Waals surface area contributed by atoms with Crippen molar-refractivity contribution in [3.05, 3.63) is 28.0 Å². The summed E-state index contributed by atoms with van der Waals surface area (Å²) in [6.45, 7) is 3.71. The zero-order valence-electron chi connectivity index (χ0n) is 10.0. The van der Waals surface area contributed by atoms with Crippen LogP contribution in [0.1, 0.15) is 23.7 Å². The van der Waals surface area contributed by atoms with E-state index in [-0.39, 0.29) is 16.2 Å². The number of rotatable bonds is 2. The molecule has 1 fully saturated rings. The smallest absolute Gasteiger partial charge is 0.254 e. The zero-order valence-corrected chi connectivity index (χ0v) is 12.4. The third kappa shape index (κ3) is 3.31. The molecule has 0 N–H and O–H groups in total. The van der Waals surface area contributed by atoms with Crippen molar-refractivity contribution in [1.29, 1.82) is 0 Å². The van der Waals surface area contributed by atoms with E-state index in [9.17, 15) is 4.79 Å². The lowest BCUT2D eigenvalue weighted by Gasteiger charge is -2.32. The summed E-state index contributed by atoms with van der Waals surface area (Å²) in [4.78, 5) is 18.1. The molecule has 1 aromatic heterocycles. The maximum atomic E-state index is 12.3. The first-order valence-corrected chi connectivity index (χ1v) is 7.64. The number of thioether (sulfide) groups is 1. The van der Waals surface area contributed by atoms with Crippen molar-refractivity contribution in [2.24, 2.45) is 0 Å². The molecule has 18 heavy (non-hydrogen) atoms. The first-order chi connectivity index (χ1) is 8.60. The maximum absolute atomic E-state index is 12.3. The molecular weight excluding hydrogens is 291 g/mol. The van der Waals surface area contributed by atoms with Gasteiger partial charge in [0.05, 0.1) is 0 Å². The Kier molecular flexibility index (Phi) is 4.76. The van der Waals surface area contributed by atoms with Gasteiger partial charge >= 0.3 is 0 Å². The molecule has 0 aromatic carbocycles. The van der Waals surface area contributed by atoms with Crippen LogP contribution < -0.4 is 0 Å². The lowest BCUT2D eigenvalue weighted by Crippen LogP contribution is -2.41. The van der Waals surface area contributed by atoms with Gasteiger partial charge in [-0.3, -0.25) is 4.79 Å². The summed E-state index contributed by atoms with van der Waals surface area (Å²) in [5.41, 5.74) is 0.516. The van der Waals surface area contributed by atoms with Crippen LogP contribution in [0.25, 0.3) is 0 Å². The Bertz CT molecular complexity index is 435. The fourth-order valence-corrected chi connectivity index (χ4v) is 3.56. The van der Waals surface area contributed by atoms with E-state index in [2.05, 4.69) is 11.9 Å². The number of carbonyl (C=O) groups excluding carboxylic acids is 1. The van der Waals surface area contributed by atoms with E-state index in [0.29, 0.717) is 10.8 Å². The van der Waals surface area contributed by atoms with Gasteiger partial charge < -0.3 is 4.90 Å². The van der Waals surface area contributed by atoms with Crippen molar-refractivity contribution in [2.75, 3.05) is 18.8 Å². The third-order valence-corrected chi connectivity index (χ3v) is 4.65. The predicted octanol–water partition coefficient (Wildman–Crippen LogP) is 3.36. The Morgan fingerprint density at radius 2 is 2.17 bits per heavy atom. The van der Waals surface area contributed by atoms with Crippen LogP contribution in [0.2, 0.25) is 10.3 Å². The van der Waals surface area contributed by atoms with Crippen molar-refractivity contribution in [3.8, 4) is 0 Å². The van der Waals surface area contributed by atoms with Crippen molar-refractivity contribution >= 4 is 40.9 Å². The SMILES string of the molecule is CCC1CN(C(=O)c2cc(Cl)nc(Cl)c2)CCS1. The Hall–Kier alpha value is -0.450. The van der Waals surface area contributed by atoms with Crippen molar-refractivity contribution in [2.45, 2.75) is 18.6 Å². The topological polar surface area (TPSA) is 33.2 Å². The lowest BCUT2D eigenvalue weighted by atomic mass is 10.2. The number of aromatic nitrogens is 1. The van der Waals surface area contributed by atoms with Crippen LogP contribution in [-0.2, 0) is 0 Å². The minimum absolute atomic E-state index is 0.0139. The van der Waals surface area contributed by atoms with Gasteiger partial charge in [-0.25, -0.2) is 4.98 Å². The molecule has 2 heterocycles. The van der Waals surface area contributed by atoms with E-state index < -0.39 is 0 Å². The van der Waals surface area contributed by atoms with Crippen molar-refractivity contribution in [3.63, 3.8) is 0 Å². The first-order valence-electron chi connectivity index (χ1n) is 5.84. The minimum atomic E-state index is -0.0139. The van der Waals surface area contributed by atoms with Crippen molar-refractivity contribution in [1.82, 2.24) is 9.88 Å². The van der Waals surface area contributed by atoms with Crippen LogP contribution in [0.3, 0.4) is 0 Å². The van der Waals surface area contributed by atoms with E-state index in [1.54, 1.807) is 12.1 Å². The molecule has 1 unspecified atom stereocenters. The van der Waals surface area contributed by atoms with Crippen LogP contribution in [0, 0.1) is 0 Å². The Morgan fingerprint density at radius 1 is 1.50 bits per heavy atom. The monoisotopic (exact) mass is 304 g/mol. The molecule has 98 valence electrons. The zero-order chi connectivity index (χ0) is 13.1. The highest BCUT2D eigenvalue weighted by atomic mass is 35.5. The van der Waals surface area contributed by atoms with Gasteiger partial charge in [-0.2, -0.15) is 11.8 Å². The number of halogens is 2. The molecule has 1 aromatic rings. The maximum Gasteiger partial charge on any atom is 0.254 e. The fourth-order valence-electron chi connectivity index (χ4n) is 1.92. The minimum Gasteiger partial charge on any atom is -0.337 e. The second-order valence-corrected chi connectivity index (χ2v) is 6.34. The largest absolute Gasteiger partial charge is 0.337 e. The average Bonchev–Trinajstić information content (AvgIpc) is 2.37. The summed E-state index contributed by atoms with van der Waals surface area (Å²) in [6.07, 6.45) is 1.08. The van der Waals surface area contributed by atoms with Gasteiger partial charge in [0.2, 0.25) is 0 Å². The van der Waals surface area contributed by atoms with E-state index in [1.165, 1.54) is 0 Å². The summed E-state index contributed by atoms with van der Waals surface area (Å²) in [6, 6.07) is 3.14. The predicted molar refractivity (Wildman–Crippen MR) is 76.7 cm³/mol. The normalized spacial score (nSPS) is 19.9. The van der Waals surface area contributed by atoms with Crippen LogP contribution in [0.5, 0.6) is 0 Å². The molecule has 0 saturated carbocycles. The van der Waals surface area contributed by atoms with Gasteiger partial charge in [-0.1, -0.05) is 30.1 Å². The van der Waals surface area contributed by atoms with Gasteiger partial charge in [0.1, 0.15) is 10.3 Å². The van der Waals surface area contributed by atoms with E-state index in [0.717, 1.165) is 25.3 Å². The second kappa shape index (κ2) is 6.13. The highest BCUT2D eigenvalue weighted by Gasteiger charge is 2.24. The Morgan fingerprint density at radius 3 is 2.78 bits per heavy atom. The second-order valence-electron chi connectivity index (χ2n) is 4.15. The molecule has 2 rings (SSSR count). The first kappa shape index (κ1) is 14.0. The van der Waals surface area contributed by atoms with Crippen LogP contribution in [0.15, 0.2) is 12.1 Å². The highest BCUT2D eigenvalue weighted by molar-refractivity contribution is 8.00. The standard InChI is InChI=1S/C12H14Cl2N2OS/c1-2-9-7-16(3-4-18-9)12(17)8-5-10(13)15-11(14)6-8/h5-6,9H,2-4,7H2,1H3. The molecule has 1 atom stereocenters. The van der Waals surface area contributed by atoms with Crippen LogP contribution in [0.4, 0.5) is 0 Å². The Balaban J connectivity index is 2.15. The average molecular weight is 305 g/mol. The fraction of sp³-hybridized carbons (Fsp3) is 0.500. The molecule has 0 bridgehead atoms. The molecule has 0 spiro atoms. The van der Waals surface area contributed by atoms with Crippen molar-refractivity contribution < 1.29 is 4.79 Å². The molecule has 3 nitrogen and oxygen atoms in total. The van der Waals surface area contributed by atoms with Crippen LogP contribution >= 0.6 is 35.0 Å². The number of pyridine rings is 1.